The molecule has 0 heterocycles. The fourth-order valence-electron chi connectivity index (χ4n) is 2.70. The first-order valence-corrected chi connectivity index (χ1v) is 7.27. The van der Waals surface area contributed by atoms with Gasteiger partial charge < -0.3 is 0 Å². The van der Waals surface area contributed by atoms with Crippen molar-refractivity contribution in [3.63, 3.8) is 0 Å². The third-order valence-electron chi connectivity index (χ3n) is 3.80. The summed E-state index contributed by atoms with van der Waals surface area (Å²) in [6.45, 7) is 4.66. The average Bonchev–Trinajstić information content (AvgIpc) is 2.45. The summed E-state index contributed by atoms with van der Waals surface area (Å²) in [6.07, 6.45) is 3.69. The normalized spacial score (nSPS) is 12.6. The van der Waals surface area contributed by atoms with Crippen LogP contribution in [0.15, 0.2) is 54.6 Å². The summed E-state index contributed by atoms with van der Waals surface area (Å²) in [5.74, 6) is 1.38. The maximum absolute atomic E-state index is 3.08. The largest absolute Gasteiger partial charge is 0.0622 e. The van der Waals surface area contributed by atoms with E-state index in [1.54, 1.807) is 0 Å². The molecule has 0 aromatic heterocycles. The third-order valence-corrected chi connectivity index (χ3v) is 3.80. The van der Waals surface area contributed by atoms with Gasteiger partial charge in [0.2, 0.25) is 0 Å². The lowest BCUT2D eigenvalue weighted by Gasteiger charge is -2.21. The number of benzene rings is 2. The van der Waals surface area contributed by atoms with Crippen LogP contribution in [0.5, 0.6) is 0 Å². The zero-order chi connectivity index (χ0) is 13.5. The summed E-state index contributed by atoms with van der Waals surface area (Å²) in [4.78, 5) is 0. The molecule has 0 saturated carbocycles. The molecule has 2 rings (SSSR count). The number of aryl methyl sites for hydroxylation is 1. The summed E-state index contributed by atoms with van der Waals surface area (Å²) in [5, 5.41) is 0. The van der Waals surface area contributed by atoms with Gasteiger partial charge in [0.15, 0.2) is 0 Å². The molecule has 19 heavy (non-hydrogen) atoms. The van der Waals surface area contributed by atoms with Crippen molar-refractivity contribution in [2.45, 2.75) is 39.0 Å². The van der Waals surface area contributed by atoms with Crippen molar-refractivity contribution < 1.29 is 0 Å². The Labute approximate surface area is 117 Å². The smallest absolute Gasteiger partial charge is 0.0139 e. The third kappa shape index (κ3) is 4.24. The molecule has 0 aliphatic heterocycles. The van der Waals surface area contributed by atoms with Crippen LogP contribution in [0.2, 0.25) is 0 Å². The fraction of sp³-hybridized carbons (Fsp3) is 0.368. The van der Waals surface area contributed by atoms with Crippen LogP contribution < -0.4 is 0 Å². The van der Waals surface area contributed by atoms with Crippen molar-refractivity contribution in [2.75, 3.05) is 0 Å². The monoisotopic (exact) mass is 251 g/mol. The zero-order valence-electron chi connectivity index (χ0n) is 12.0. The minimum absolute atomic E-state index is 0.677. The molecule has 1 unspecified atom stereocenters. The lowest BCUT2D eigenvalue weighted by Crippen LogP contribution is -2.07. The summed E-state index contributed by atoms with van der Waals surface area (Å²) < 4.78 is 0. The van der Waals surface area contributed by atoms with E-state index in [9.17, 15) is 0 Å². The lowest BCUT2D eigenvalue weighted by atomic mass is 9.84. The van der Waals surface area contributed by atoms with Crippen molar-refractivity contribution in [2.24, 2.45) is 5.92 Å². The summed E-state index contributed by atoms with van der Waals surface area (Å²) in [5.41, 5.74) is 2.91. The van der Waals surface area contributed by atoms with E-state index >= 15 is 0 Å². The topological polar surface area (TPSA) is 0 Å². The SMILES string of the molecule is CC(C)C(CCCc1cc[c]cc1)c1ccccc1. The molecule has 2 aromatic rings. The van der Waals surface area contributed by atoms with Crippen LogP contribution in [0, 0.1) is 12.0 Å². The minimum atomic E-state index is 0.677. The lowest BCUT2D eigenvalue weighted by molar-refractivity contribution is 0.455. The van der Waals surface area contributed by atoms with Gasteiger partial charge in [-0.15, -0.1) is 0 Å². The standard InChI is InChI=1S/C19H23/c1-16(2)19(18-13-7-4-8-14-18)15-9-12-17-10-5-3-6-11-17/h4-8,10-11,13-14,16,19H,9,12,15H2,1-2H3. The van der Waals surface area contributed by atoms with E-state index < -0.39 is 0 Å². The molecule has 0 aliphatic rings. The van der Waals surface area contributed by atoms with Crippen LogP contribution in [0.4, 0.5) is 0 Å². The zero-order valence-corrected chi connectivity index (χ0v) is 12.0. The molecule has 0 heteroatoms. The van der Waals surface area contributed by atoms with Crippen LogP contribution >= 0.6 is 0 Å². The highest BCUT2D eigenvalue weighted by Crippen LogP contribution is 2.29. The summed E-state index contributed by atoms with van der Waals surface area (Å²) in [6, 6.07) is 22.4. The molecule has 0 amide bonds. The highest BCUT2D eigenvalue weighted by atomic mass is 14.2. The van der Waals surface area contributed by atoms with Crippen LogP contribution in [-0.2, 0) is 6.42 Å². The first-order chi connectivity index (χ1) is 9.27. The molecule has 1 atom stereocenters. The Balaban J connectivity index is 1.92. The molecule has 0 nitrogen and oxygen atoms in total. The molecule has 0 N–H and O–H groups in total. The van der Waals surface area contributed by atoms with Gasteiger partial charge in [-0.1, -0.05) is 68.4 Å². The molecule has 0 fully saturated rings. The van der Waals surface area contributed by atoms with Crippen molar-refractivity contribution in [3.8, 4) is 0 Å². The van der Waals surface area contributed by atoms with Gasteiger partial charge in [0, 0.05) is 0 Å². The predicted molar refractivity (Wildman–Crippen MR) is 82.2 cm³/mol. The van der Waals surface area contributed by atoms with E-state index in [1.165, 1.54) is 30.4 Å². The maximum atomic E-state index is 3.08. The summed E-state index contributed by atoms with van der Waals surface area (Å²) in [7, 11) is 0. The van der Waals surface area contributed by atoms with Gasteiger partial charge in [-0.2, -0.15) is 0 Å². The Morgan fingerprint density at radius 1 is 0.947 bits per heavy atom. The number of hydrogen-bond donors (Lipinski definition) is 0. The molecule has 0 bridgehead atoms. The van der Waals surface area contributed by atoms with Gasteiger partial charge in [0.1, 0.15) is 0 Å². The van der Waals surface area contributed by atoms with E-state index in [2.05, 4.69) is 62.4 Å². The number of rotatable bonds is 6. The maximum Gasteiger partial charge on any atom is -0.0139 e. The Morgan fingerprint density at radius 3 is 2.26 bits per heavy atom. The van der Waals surface area contributed by atoms with Crippen molar-refractivity contribution in [1.82, 2.24) is 0 Å². The van der Waals surface area contributed by atoms with Crippen LogP contribution in [0.1, 0.15) is 43.7 Å². The number of hydrogen-bond acceptors (Lipinski definition) is 0. The average molecular weight is 251 g/mol. The minimum Gasteiger partial charge on any atom is -0.0622 e. The van der Waals surface area contributed by atoms with Crippen LogP contribution in [0.3, 0.4) is 0 Å². The molecule has 99 valence electrons. The van der Waals surface area contributed by atoms with Crippen LogP contribution in [0.25, 0.3) is 0 Å². The van der Waals surface area contributed by atoms with Gasteiger partial charge in [-0.3, -0.25) is 0 Å². The van der Waals surface area contributed by atoms with E-state index in [4.69, 9.17) is 0 Å². The molecular weight excluding hydrogens is 228 g/mol. The molecule has 0 aliphatic carbocycles. The Hall–Kier alpha value is -1.56. The van der Waals surface area contributed by atoms with E-state index in [-0.39, 0.29) is 0 Å². The predicted octanol–water partition coefficient (Wildman–Crippen LogP) is 5.25. The van der Waals surface area contributed by atoms with Crippen molar-refractivity contribution >= 4 is 0 Å². The van der Waals surface area contributed by atoms with Gasteiger partial charge in [0.05, 0.1) is 0 Å². The molecule has 0 spiro atoms. The second-order valence-corrected chi connectivity index (χ2v) is 5.56. The second kappa shape index (κ2) is 7.13. The summed E-state index contributed by atoms with van der Waals surface area (Å²) >= 11 is 0. The van der Waals surface area contributed by atoms with E-state index in [0.717, 1.165) is 0 Å². The van der Waals surface area contributed by atoms with Gasteiger partial charge in [-0.05, 0) is 48.3 Å². The molecule has 1 radical (unpaired) electrons. The van der Waals surface area contributed by atoms with E-state index in [0.29, 0.717) is 11.8 Å². The van der Waals surface area contributed by atoms with Crippen molar-refractivity contribution in [3.05, 3.63) is 71.8 Å². The fourth-order valence-corrected chi connectivity index (χ4v) is 2.70. The highest BCUT2D eigenvalue weighted by molar-refractivity contribution is 5.20. The molecule has 2 aromatic carbocycles. The van der Waals surface area contributed by atoms with Gasteiger partial charge in [-0.25, -0.2) is 0 Å². The quantitative estimate of drug-likeness (QED) is 0.658. The molecular formula is C19H23. The van der Waals surface area contributed by atoms with Crippen LogP contribution in [-0.4, -0.2) is 0 Å². The Kier molecular flexibility index (Phi) is 5.20. The molecule has 0 saturated heterocycles. The van der Waals surface area contributed by atoms with Crippen molar-refractivity contribution in [1.29, 1.82) is 0 Å². The first-order valence-electron chi connectivity index (χ1n) is 7.27. The van der Waals surface area contributed by atoms with E-state index in [1.807, 2.05) is 12.1 Å². The van der Waals surface area contributed by atoms with Gasteiger partial charge >= 0.3 is 0 Å². The van der Waals surface area contributed by atoms with Gasteiger partial charge in [0.25, 0.3) is 0 Å². The Morgan fingerprint density at radius 2 is 1.63 bits per heavy atom. The Bertz CT molecular complexity index is 456. The first kappa shape index (κ1) is 13.9. The second-order valence-electron chi connectivity index (χ2n) is 5.56. The highest BCUT2D eigenvalue weighted by Gasteiger charge is 2.14.